The van der Waals surface area contributed by atoms with Crippen molar-refractivity contribution in [2.75, 3.05) is 35.3 Å². The first-order valence-corrected chi connectivity index (χ1v) is 9.50. The number of benzene rings is 2. The van der Waals surface area contributed by atoms with Crippen LogP contribution in [0.5, 0.6) is 0 Å². The van der Waals surface area contributed by atoms with Gasteiger partial charge in [-0.3, -0.25) is 4.79 Å². The predicted octanol–water partition coefficient (Wildman–Crippen LogP) is 3.24. The monoisotopic (exact) mass is 410 g/mol. The maximum absolute atomic E-state index is 11.9. The first-order chi connectivity index (χ1) is 14.2. The summed E-state index contributed by atoms with van der Waals surface area (Å²) in [6, 6.07) is 17.4. The molecule has 4 rings (SSSR count). The Morgan fingerprint density at radius 3 is 2.52 bits per heavy atom. The minimum Gasteiger partial charge on any atom is -0.370 e. The maximum atomic E-state index is 11.9. The molecule has 148 valence electrons. The van der Waals surface area contributed by atoms with Crippen LogP contribution >= 0.6 is 11.6 Å². The zero-order valence-corrected chi connectivity index (χ0v) is 16.3. The van der Waals surface area contributed by atoms with Gasteiger partial charge in [0.05, 0.1) is 6.61 Å². The molecule has 0 radical (unpaired) electrons. The summed E-state index contributed by atoms with van der Waals surface area (Å²) in [6.45, 7) is 1.77. The lowest BCUT2D eigenvalue weighted by atomic mass is 10.2. The standard InChI is InChI=1S/C20H19ClN6O2/c21-18-24-19(22-12-14-4-2-1-3-5-14)26-20(25-18)23-15-6-8-16(9-7-15)27-10-11-29-13-17(27)28/h1-9H,10-13H2,(H2,22,23,24,25,26). The molecule has 0 aliphatic carbocycles. The molecule has 0 atom stereocenters. The molecule has 2 heterocycles. The molecule has 1 fully saturated rings. The summed E-state index contributed by atoms with van der Waals surface area (Å²) >= 11 is 6.04. The van der Waals surface area contributed by atoms with Crippen LogP contribution < -0.4 is 15.5 Å². The van der Waals surface area contributed by atoms with Crippen molar-refractivity contribution in [2.45, 2.75) is 6.54 Å². The summed E-state index contributed by atoms with van der Waals surface area (Å²) in [6.07, 6.45) is 0. The molecular formula is C20H19ClN6O2. The van der Waals surface area contributed by atoms with Crippen LogP contribution in [0.2, 0.25) is 5.28 Å². The summed E-state index contributed by atoms with van der Waals surface area (Å²) in [7, 11) is 0. The second-order valence-corrected chi connectivity index (χ2v) is 6.70. The van der Waals surface area contributed by atoms with Crippen LogP contribution in [0.25, 0.3) is 0 Å². The molecule has 2 N–H and O–H groups in total. The van der Waals surface area contributed by atoms with Crippen molar-refractivity contribution in [3.8, 4) is 0 Å². The fourth-order valence-electron chi connectivity index (χ4n) is 2.91. The number of halogens is 1. The second kappa shape index (κ2) is 8.85. The van der Waals surface area contributed by atoms with Gasteiger partial charge >= 0.3 is 0 Å². The Kier molecular flexibility index (Phi) is 5.83. The third-order valence-corrected chi connectivity index (χ3v) is 4.49. The number of nitrogens with zero attached hydrogens (tertiary/aromatic N) is 4. The smallest absolute Gasteiger partial charge is 0.253 e. The molecule has 2 aromatic carbocycles. The molecule has 0 bridgehead atoms. The zero-order valence-electron chi connectivity index (χ0n) is 15.5. The quantitative estimate of drug-likeness (QED) is 0.644. The highest BCUT2D eigenvalue weighted by Crippen LogP contribution is 2.22. The molecule has 1 amide bonds. The second-order valence-electron chi connectivity index (χ2n) is 6.36. The average Bonchev–Trinajstić information content (AvgIpc) is 2.74. The third kappa shape index (κ3) is 4.98. The van der Waals surface area contributed by atoms with E-state index in [9.17, 15) is 4.79 Å². The molecule has 1 saturated heterocycles. The fraction of sp³-hybridized carbons (Fsp3) is 0.200. The van der Waals surface area contributed by atoms with Gasteiger partial charge in [0.25, 0.3) is 5.91 Å². The first kappa shape index (κ1) is 19.1. The SMILES string of the molecule is O=C1COCCN1c1ccc(Nc2nc(Cl)nc(NCc3ccccc3)n2)cc1. The van der Waals surface area contributed by atoms with Crippen LogP contribution in [0.3, 0.4) is 0 Å². The van der Waals surface area contributed by atoms with E-state index in [1.54, 1.807) is 4.90 Å². The zero-order chi connectivity index (χ0) is 20.1. The summed E-state index contributed by atoms with van der Waals surface area (Å²) in [5.41, 5.74) is 2.69. The van der Waals surface area contributed by atoms with Crippen LogP contribution in [0, 0.1) is 0 Å². The Hall–Kier alpha value is -3.23. The van der Waals surface area contributed by atoms with Gasteiger partial charge in [-0.25, -0.2) is 0 Å². The Morgan fingerprint density at radius 2 is 1.76 bits per heavy atom. The summed E-state index contributed by atoms with van der Waals surface area (Å²) in [4.78, 5) is 26.2. The van der Waals surface area contributed by atoms with Crippen LogP contribution in [-0.2, 0) is 16.1 Å². The largest absolute Gasteiger partial charge is 0.370 e. The van der Waals surface area contributed by atoms with E-state index in [-0.39, 0.29) is 17.8 Å². The van der Waals surface area contributed by atoms with Crippen LogP contribution in [0.15, 0.2) is 54.6 Å². The van der Waals surface area contributed by atoms with Crippen LogP contribution in [0.1, 0.15) is 5.56 Å². The molecule has 29 heavy (non-hydrogen) atoms. The number of carbonyl (C=O) groups is 1. The molecule has 3 aromatic rings. The van der Waals surface area contributed by atoms with Gasteiger partial charge in [0.15, 0.2) is 0 Å². The van der Waals surface area contributed by atoms with Crippen molar-refractivity contribution in [1.29, 1.82) is 0 Å². The lowest BCUT2D eigenvalue weighted by molar-refractivity contribution is -0.125. The number of aromatic nitrogens is 3. The number of ether oxygens (including phenoxy) is 1. The predicted molar refractivity (Wildman–Crippen MR) is 112 cm³/mol. The molecule has 0 spiro atoms. The van der Waals surface area contributed by atoms with Gasteiger partial charge in [-0.05, 0) is 41.4 Å². The van der Waals surface area contributed by atoms with Crippen molar-refractivity contribution >= 4 is 40.8 Å². The highest BCUT2D eigenvalue weighted by atomic mass is 35.5. The average molecular weight is 411 g/mol. The number of carbonyl (C=O) groups excluding carboxylic acids is 1. The van der Waals surface area contributed by atoms with Gasteiger partial charge in [-0.15, -0.1) is 0 Å². The van der Waals surface area contributed by atoms with E-state index in [0.29, 0.717) is 31.6 Å². The van der Waals surface area contributed by atoms with Gasteiger partial charge in [0, 0.05) is 24.5 Å². The summed E-state index contributed by atoms with van der Waals surface area (Å²) in [5.74, 6) is 0.665. The number of hydrogen-bond donors (Lipinski definition) is 2. The lowest BCUT2D eigenvalue weighted by Gasteiger charge is -2.26. The number of rotatable bonds is 6. The topological polar surface area (TPSA) is 92.3 Å². The van der Waals surface area contributed by atoms with Crippen molar-refractivity contribution in [2.24, 2.45) is 0 Å². The van der Waals surface area contributed by atoms with Crippen molar-refractivity contribution < 1.29 is 9.53 Å². The summed E-state index contributed by atoms with van der Waals surface area (Å²) < 4.78 is 5.16. The lowest BCUT2D eigenvalue weighted by Crippen LogP contribution is -2.41. The Balaban J connectivity index is 1.43. The normalized spacial score (nSPS) is 14.0. The Bertz CT molecular complexity index is 984. The van der Waals surface area contributed by atoms with E-state index in [2.05, 4.69) is 25.6 Å². The van der Waals surface area contributed by atoms with E-state index in [0.717, 1.165) is 16.9 Å². The van der Waals surface area contributed by atoms with E-state index in [4.69, 9.17) is 16.3 Å². The molecule has 1 aliphatic rings. The van der Waals surface area contributed by atoms with E-state index >= 15 is 0 Å². The van der Waals surface area contributed by atoms with Crippen molar-refractivity contribution in [3.63, 3.8) is 0 Å². The molecule has 1 aromatic heterocycles. The van der Waals surface area contributed by atoms with Gasteiger partial charge in [0.2, 0.25) is 17.2 Å². The van der Waals surface area contributed by atoms with Gasteiger partial charge in [-0.2, -0.15) is 15.0 Å². The molecule has 0 saturated carbocycles. The van der Waals surface area contributed by atoms with Crippen molar-refractivity contribution in [1.82, 2.24) is 15.0 Å². The number of hydrogen-bond acceptors (Lipinski definition) is 7. The highest BCUT2D eigenvalue weighted by molar-refractivity contribution is 6.28. The Morgan fingerprint density at radius 1 is 1.00 bits per heavy atom. The van der Waals surface area contributed by atoms with Gasteiger partial charge < -0.3 is 20.3 Å². The van der Waals surface area contributed by atoms with E-state index in [1.165, 1.54) is 0 Å². The number of morpholine rings is 1. The fourth-order valence-corrected chi connectivity index (χ4v) is 3.07. The third-order valence-electron chi connectivity index (χ3n) is 4.32. The first-order valence-electron chi connectivity index (χ1n) is 9.12. The summed E-state index contributed by atoms with van der Waals surface area (Å²) in [5, 5.41) is 6.34. The number of amides is 1. The number of anilines is 4. The van der Waals surface area contributed by atoms with E-state index in [1.807, 2.05) is 54.6 Å². The van der Waals surface area contributed by atoms with Crippen LogP contribution in [0.4, 0.5) is 23.3 Å². The number of nitrogens with one attached hydrogen (secondary N) is 2. The van der Waals surface area contributed by atoms with Gasteiger partial charge in [0.1, 0.15) is 6.61 Å². The van der Waals surface area contributed by atoms with Crippen molar-refractivity contribution in [3.05, 3.63) is 65.4 Å². The van der Waals surface area contributed by atoms with E-state index < -0.39 is 0 Å². The molecule has 1 aliphatic heterocycles. The molecule has 0 unspecified atom stereocenters. The molecule has 8 nitrogen and oxygen atoms in total. The maximum Gasteiger partial charge on any atom is 0.253 e. The minimum absolute atomic E-state index is 0.0460. The Labute approximate surface area is 172 Å². The molecular weight excluding hydrogens is 392 g/mol. The van der Waals surface area contributed by atoms with Gasteiger partial charge in [-0.1, -0.05) is 30.3 Å². The molecule has 9 heteroatoms. The van der Waals surface area contributed by atoms with Crippen LogP contribution in [-0.4, -0.2) is 40.6 Å². The minimum atomic E-state index is -0.0460. The highest BCUT2D eigenvalue weighted by Gasteiger charge is 2.19.